The molecule has 1 atom stereocenters. The number of likely N-dealkylation sites (tertiary alicyclic amines) is 1. The molecule has 0 saturated carbocycles. The van der Waals surface area contributed by atoms with Crippen molar-refractivity contribution < 1.29 is 9.18 Å². The monoisotopic (exact) mass is 340 g/mol. The molecule has 0 radical (unpaired) electrons. The summed E-state index contributed by atoms with van der Waals surface area (Å²) in [6, 6.07) is 16.8. The normalized spacial score (nSPS) is 17.6. The van der Waals surface area contributed by atoms with Crippen molar-refractivity contribution in [3.8, 4) is 0 Å². The standard InChI is InChI=1S/C21H25FN2O/c22-20-8-4-7-18(13-20)14-21(25)23-15-19-10-12-24(16-19)11-9-17-5-2-1-3-6-17/h1-8,13,19H,9-12,14-16H2,(H,23,25). The minimum Gasteiger partial charge on any atom is -0.355 e. The zero-order valence-corrected chi connectivity index (χ0v) is 14.5. The third kappa shape index (κ3) is 5.68. The van der Waals surface area contributed by atoms with Crippen molar-refractivity contribution in [2.24, 2.45) is 5.92 Å². The summed E-state index contributed by atoms with van der Waals surface area (Å²) in [7, 11) is 0. The third-order valence-corrected chi connectivity index (χ3v) is 4.77. The number of halogens is 1. The summed E-state index contributed by atoms with van der Waals surface area (Å²) in [5, 5.41) is 3.00. The van der Waals surface area contributed by atoms with Gasteiger partial charge in [-0.2, -0.15) is 0 Å². The van der Waals surface area contributed by atoms with E-state index in [1.807, 2.05) is 6.07 Å². The van der Waals surface area contributed by atoms with Crippen molar-refractivity contribution in [1.29, 1.82) is 0 Å². The molecule has 25 heavy (non-hydrogen) atoms. The quantitative estimate of drug-likeness (QED) is 0.840. The van der Waals surface area contributed by atoms with Gasteiger partial charge in [0.05, 0.1) is 6.42 Å². The molecule has 1 heterocycles. The molecule has 132 valence electrons. The van der Waals surface area contributed by atoms with Crippen LogP contribution in [0.4, 0.5) is 4.39 Å². The minimum atomic E-state index is -0.296. The fourth-order valence-corrected chi connectivity index (χ4v) is 3.37. The first-order valence-electron chi connectivity index (χ1n) is 8.96. The molecule has 1 saturated heterocycles. The molecule has 1 amide bonds. The largest absolute Gasteiger partial charge is 0.355 e. The van der Waals surface area contributed by atoms with Crippen molar-refractivity contribution >= 4 is 5.91 Å². The first-order chi connectivity index (χ1) is 12.2. The maximum atomic E-state index is 13.2. The smallest absolute Gasteiger partial charge is 0.224 e. The number of amides is 1. The first kappa shape index (κ1) is 17.6. The topological polar surface area (TPSA) is 32.3 Å². The molecule has 0 aromatic heterocycles. The summed E-state index contributed by atoms with van der Waals surface area (Å²) >= 11 is 0. The van der Waals surface area contributed by atoms with Gasteiger partial charge in [0.2, 0.25) is 5.91 Å². The zero-order valence-electron chi connectivity index (χ0n) is 14.5. The van der Waals surface area contributed by atoms with Crippen LogP contribution in [0.15, 0.2) is 54.6 Å². The van der Waals surface area contributed by atoms with Crippen molar-refractivity contribution in [2.45, 2.75) is 19.3 Å². The van der Waals surface area contributed by atoms with Gasteiger partial charge in [-0.25, -0.2) is 4.39 Å². The molecule has 1 aliphatic rings. The lowest BCUT2D eigenvalue weighted by Crippen LogP contribution is -2.32. The Balaban J connectivity index is 1.36. The highest BCUT2D eigenvalue weighted by Crippen LogP contribution is 2.16. The molecule has 1 unspecified atom stereocenters. The average molecular weight is 340 g/mol. The Morgan fingerprint density at radius 3 is 2.72 bits per heavy atom. The van der Waals surface area contributed by atoms with Gasteiger partial charge in [0.1, 0.15) is 5.82 Å². The first-order valence-corrected chi connectivity index (χ1v) is 8.96. The van der Waals surface area contributed by atoms with Crippen LogP contribution in [0.3, 0.4) is 0 Å². The van der Waals surface area contributed by atoms with Gasteiger partial charge in [-0.1, -0.05) is 42.5 Å². The zero-order chi connectivity index (χ0) is 17.5. The van der Waals surface area contributed by atoms with Gasteiger partial charge in [0.25, 0.3) is 0 Å². The highest BCUT2D eigenvalue weighted by molar-refractivity contribution is 5.78. The Morgan fingerprint density at radius 1 is 1.12 bits per heavy atom. The Bertz CT molecular complexity index is 689. The van der Waals surface area contributed by atoms with Gasteiger partial charge in [0, 0.05) is 19.6 Å². The number of nitrogens with zero attached hydrogens (tertiary/aromatic N) is 1. The Kier molecular flexibility index (Phi) is 6.18. The Hall–Kier alpha value is -2.20. The van der Waals surface area contributed by atoms with E-state index in [1.54, 1.807) is 12.1 Å². The van der Waals surface area contributed by atoms with E-state index < -0.39 is 0 Å². The SMILES string of the molecule is O=C(Cc1cccc(F)c1)NCC1CCN(CCc2ccccc2)C1. The summed E-state index contributed by atoms with van der Waals surface area (Å²) in [6.07, 6.45) is 2.43. The molecule has 2 aromatic rings. The summed E-state index contributed by atoms with van der Waals surface area (Å²) in [6.45, 7) is 3.90. The summed E-state index contributed by atoms with van der Waals surface area (Å²) in [5.74, 6) is 0.177. The molecule has 2 aromatic carbocycles. The van der Waals surface area contributed by atoms with E-state index in [-0.39, 0.29) is 18.1 Å². The van der Waals surface area contributed by atoms with Crippen LogP contribution in [0, 0.1) is 11.7 Å². The van der Waals surface area contributed by atoms with Crippen LogP contribution in [-0.2, 0) is 17.6 Å². The predicted octanol–water partition coefficient (Wildman–Crippen LogP) is 3.05. The summed E-state index contributed by atoms with van der Waals surface area (Å²) in [4.78, 5) is 14.5. The molecule has 1 fully saturated rings. The summed E-state index contributed by atoms with van der Waals surface area (Å²) in [5.41, 5.74) is 2.09. The van der Waals surface area contributed by atoms with Gasteiger partial charge in [-0.15, -0.1) is 0 Å². The lowest BCUT2D eigenvalue weighted by Gasteiger charge is -2.16. The Labute approximate surface area is 148 Å². The predicted molar refractivity (Wildman–Crippen MR) is 97.8 cm³/mol. The molecule has 3 rings (SSSR count). The average Bonchev–Trinajstić information content (AvgIpc) is 3.07. The van der Waals surface area contributed by atoms with E-state index in [0.717, 1.165) is 32.5 Å². The van der Waals surface area contributed by atoms with Crippen LogP contribution >= 0.6 is 0 Å². The molecule has 4 heteroatoms. The molecule has 3 nitrogen and oxygen atoms in total. The van der Waals surface area contributed by atoms with Crippen LogP contribution in [-0.4, -0.2) is 37.0 Å². The van der Waals surface area contributed by atoms with Crippen LogP contribution in [0.2, 0.25) is 0 Å². The van der Waals surface area contributed by atoms with E-state index in [1.165, 1.54) is 17.7 Å². The maximum Gasteiger partial charge on any atom is 0.224 e. The van der Waals surface area contributed by atoms with E-state index in [4.69, 9.17) is 0 Å². The number of hydrogen-bond acceptors (Lipinski definition) is 2. The second-order valence-corrected chi connectivity index (χ2v) is 6.80. The van der Waals surface area contributed by atoms with Gasteiger partial charge in [-0.05, 0) is 48.6 Å². The molecule has 0 bridgehead atoms. The van der Waals surface area contributed by atoms with Gasteiger partial charge in [0.15, 0.2) is 0 Å². The lowest BCUT2D eigenvalue weighted by molar-refractivity contribution is -0.120. The maximum absolute atomic E-state index is 13.2. The van der Waals surface area contributed by atoms with E-state index in [9.17, 15) is 9.18 Å². The Morgan fingerprint density at radius 2 is 1.92 bits per heavy atom. The van der Waals surface area contributed by atoms with Crippen LogP contribution in [0.1, 0.15) is 17.5 Å². The fourth-order valence-electron chi connectivity index (χ4n) is 3.37. The number of carbonyl (C=O) groups is 1. The molecule has 0 aliphatic carbocycles. The number of rotatable bonds is 7. The molecule has 1 N–H and O–H groups in total. The summed E-state index contributed by atoms with van der Waals surface area (Å²) < 4.78 is 13.2. The van der Waals surface area contributed by atoms with E-state index in [0.29, 0.717) is 18.0 Å². The molecular formula is C21H25FN2O. The molecule has 0 spiro atoms. The van der Waals surface area contributed by atoms with E-state index >= 15 is 0 Å². The highest BCUT2D eigenvalue weighted by atomic mass is 19.1. The van der Waals surface area contributed by atoms with Crippen LogP contribution in [0.5, 0.6) is 0 Å². The van der Waals surface area contributed by atoms with Crippen molar-refractivity contribution in [3.05, 3.63) is 71.5 Å². The fraction of sp³-hybridized carbons (Fsp3) is 0.381. The number of benzene rings is 2. The van der Waals surface area contributed by atoms with E-state index in [2.05, 4.69) is 34.5 Å². The van der Waals surface area contributed by atoms with Crippen molar-refractivity contribution in [2.75, 3.05) is 26.2 Å². The molecular weight excluding hydrogens is 315 g/mol. The van der Waals surface area contributed by atoms with Crippen LogP contribution in [0.25, 0.3) is 0 Å². The number of nitrogens with one attached hydrogen (secondary N) is 1. The van der Waals surface area contributed by atoms with Crippen LogP contribution < -0.4 is 5.32 Å². The van der Waals surface area contributed by atoms with Gasteiger partial charge in [-0.3, -0.25) is 4.79 Å². The highest BCUT2D eigenvalue weighted by Gasteiger charge is 2.22. The van der Waals surface area contributed by atoms with Crippen molar-refractivity contribution in [1.82, 2.24) is 10.2 Å². The number of hydrogen-bond donors (Lipinski definition) is 1. The lowest BCUT2D eigenvalue weighted by atomic mass is 10.1. The third-order valence-electron chi connectivity index (χ3n) is 4.77. The van der Waals surface area contributed by atoms with Gasteiger partial charge >= 0.3 is 0 Å². The molecule has 1 aliphatic heterocycles. The second-order valence-electron chi connectivity index (χ2n) is 6.80. The van der Waals surface area contributed by atoms with Crippen molar-refractivity contribution in [3.63, 3.8) is 0 Å². The minimum absolute atomic E-state index is 0.0339. The number of carbonyl (C=O) groups excluding carboxylic acids is 1. The second kappa shape index (κ2) is 8.77. The van der Waals surface area contributed by atoms with Gasteiger partial charge < -0.3 is 10.2 Å².